The Kier molecular flexibility index (Phi) is 5.93. The summed E-state index contributed by atoms with van der Waals surface area (Å²) in [7, 11) is -1.72. The summed E-state index contributed by atoms with van der Waals surface area (Å²) in [5.74, 6) is 0.729. The largest absolute Gasteiger partial charge is 0.336 e. The molecule has 1 fully saturated rings. The lowest BCUT2D eigenvalue weighted by molar-refractivity contribution is -0.134. The molecule has 0 bridgehead atoms. The first-order chi connectivity index (χ1) is 12.9. The minimum atomic E-state index is -3.62. The Morgan fingerprint density at radius 1 is 1.33 bits per heavy atom. The van der Waals surface area contributed by atoms with Crippen LogP contribution < -0.4 is 10.0 Å². The quantitative estimate of drug-likeness (QED) is 0.751. The zero-order valence-electron chi connectivity index (χ0n) is 15.6. The minimum Gasteiger partial charge on any atom is -0.336 e. The number of rotatable bonds is 6. The number of nitrogens with zero attached hydrogens (tertiary/aromatic N) is 3. The number of aryl methyl sites for hydroxylation is 2. The Morgan fingerprint density at radius 2 is 2.07 bits per heavy atom. The fourth-order valence-corrected chi connectivity index (χ4v) is 4.20. The van der Waals surface area contributed by atoms with E-state index in [1.807, 2.05) is 24.7 Å². The number of carbonyl (C=O) groups excluding carboxylic acids is 1. The monoisotopic (exact) mass is 391 g/mol. The molecule has 1 saturated heterocycles. The summed E-state index contributed by atoms with van der Waals surface area (Å²) in [6.45, 7) is 3.87. The molecule has 3 rings (SSSR count). The van der Waals surface area contributed by atoms with E-state index in [1.54, 1.807) is 35.4 Å². The third-order valence-electron chi connectivity index (χ3n) is 4.68. The fourth-order valence-electron chi connectivity index (χ4n) is 3.17. The van der Waals surface area contributed by atoms with Crippen LogP contribution in [0.5, 0.6) is 0 Å². The second-order valence-electron chi connectivity index (χ2n) is 6.66. The average molecular weight is 391 g/mol. The molecule has 0 saturated carbocycles. The molecule has 0 spiro atoms. The number of piperazine rings is 1. The van der Waals surface area contributed by atoms with E-state index in [0.717, 1.165) is 11.4 Å². The fraction of sp³-hybridized carbons (Fsp3) is 0.444. The van der Waals surface area contributed by atoms with Crippen LogP contribution in [0.3, 0.4) is 0 Å². The van der Waals surface area contributed by atoms with Crippen LogP contribution in [0.2, 0.25) is 0 Å². The number of amides is 1. The summed E-state index contributed by atoms with van der Waals surface area (Å²) in [5, 5.41) is 3.28. The molecule has 0 aliphatic carbocycles. The molecule has 8 nitrogen and oxygen atoms in total. The van der Waals surface area contributed by atoms with Gasteiger partial charge in [0.15, 0.2) is 0 Å². The summed E-state index contributed by atoms with van der Waals surface area (Å²) in [4.78, 5) is 19.0. The van der Waals surface area contributed by atoms with Crippen LogP contribution in [0, 0.1) is 6.92 Å². The maximum atomic E-state index is 12.7. The van der Waals surface area contributed by atoms with E-state index in [2.05, 4.69) is 15.0 Å². The molecule has 9 heteroatoms. The lowest BCUT2D eigenvalue weighted by Crippen LogP contribution is -2.50. The Bertz CT molecular complexity index is 892. The summed E-state index contributed by atoms with van der Waals surface area (Å²) in [6.07, 6.45) is 3.66. The smallest absolute Gasteiger partial charge is 0.240 e. The van der Waals surface area contributed by atoms with Crippen molar-refractivity contribution in [1.82, 2.24) is 24.5 Å². The average Bonchev–Trinajstić information content (AvgIpc) is 3.07. The second-order valence-corrected chi connectivity index (χ2v) is 8.43. The zero-order chi connectivity index (χ0) is 19.4. The van der Waals surface area contributed by atoms with Crippen molar-refractivity contribution in [2.24, 2.45) is 7.05 Å². The highest BCUT2D eigenvalue weighted by molar-refractivity contribution is 7.89. The highest BCUT2D eigenvalue weighted by atomic mass is 32.2. The number of imidazole rings is 1. The first kappa shape index (κ1) is 19.5. The van der Waals surface area contributed by atoms with E-state index in [0.29, 0.717) is 19.6 Å². The van der Waals surface area contributed by atoms with Gasteiger partial charge in [0, 0.05) is 52.0 Å². The molecule has 1 unspecified atom stereocenters. The third-order valence-corrected chi connectivity index (χ3v) is 6.16. The van der Waals surface area contributed by atoms with Crippen LogP contribution >= 0.6 is 0 Å². The lowest BCUT2D eigenvalue weighted by atomic mass is 10.1. The van der Waals surface area contributed by atoms with Gasteiger partial charge < -0.3 is 14.8 Å². The van der Waals surface area contributed by atoms with Crippen molar-refractivity contribution < 1.29 is 13.2 Å². The molecule has 1 aliphatic rings. The van der Waals surface area contributed by atoms with Gasteiger partial charge in [0.2, 0.25) is 15.9 Å². The molecular formula is C18H25N5O3S. The topological polar surface area (TPSA) is 96.3 Å². The molecule has 0 radical (unpaired) electrons. The van der Waals surface area contributed by atoms with Crippen LogP contribution in [0.15, 0.2) is 41.6 Å². The molecule has 1 aromatic carbocycles. The number of hydrogen-bond acceptors (Lipinski definition) is 5. The SMILES string of the molecule is Cc1ccc(S(=O)(=O)NCCC(=O)N2CCNCC2c2nccn2C)cc1. The van der Waals surface area contributed by atoms with E-state index in [-0.39, 0.29) is 29.8 Å². The van der Waals surface area contributed by atoms with Gasteiger partial charge in [-0.05, 0) is 19.1 Å². The van der Waals surface area contributed by atoms with Crippen LogP contribution in [0.1, 0.15) is 23.9 Å². The molecule has 1 atom stereocenters. The number of sulfonamides is 1. The molecule has 2 heterocycles. The predicted molar refractivity (Wildman–Crippen MR) is 102 cm³/mol. The summed E-state index contributed by atoms with van der Waals surface area (Å²) < 4.78 is 29.1. The van der Waals surface area contributed by atoms with Crippen LogP contribution in [0.25, 0.3) is 0 Å². The molecule has 1 aromatic heterocycles. The summed E-state index contributed by atoms with van der Waals surface area (Å²) in [5.41, 5.74) is 0.989. The van der Waals surface area contributed by atoms with Gasteiger partial charge in [-0.1, -0.05) is 17.7 Å². The molecule has 146 valence electrons. The predicted octanol–water partition coefficient (Wildman–Crippen LogP) is 0.570. The first-order valence-corrected chi connectivity index (χ1v) is 10.4. The van der Waals surface area contributed by atoms with Crippen molar-refractivity contribution in [1.29, 1.82) is 0 Å². The summed E-state index contributed by atoms with van der Waals surface area (Å²) >= 11 is 0. The van der Waals surface area contributed by atoms with Gasteiger partial charge >= 0.3 is 0 Å². The highest BCUT2D eigenvalue weighted by Gasteiger charge is 2.30. The first-order valence-electron chi connectivity index (χ1n) is 8.92. The maximum absolute atomic E-state index is 12.7. The number of hydrogen-bond donors (Lipinski definition) is 2. The molecule has 1 aliphatic heterocycles. The zero-order valence-corrected chi connectivity index (χ0v) is 16.4. The van der Waals surface area contributed by atoms with Crippen molar-refractivity contribution in [3.8, 4) is 0 Å². The lowest BCUT2D eigenvalue weighted by Gasteiger charge is -2.35. The Morgan fingerprint density at radius 3 is 2.74 bits per heavy atom. The normalized spacial score (nSPS) is 17.9. The van der Waals surface area contributed by atoms with E-state index in [9.17, 15) is 13.2 Å². The van der Waals surface area contributed by atoms with Crippen molar-refractivity contribution >= 4 is 15.9 Å². The van der Waals surface area contributed by atoms with Gasteiger partial charge in [0.05, 0.1) is 4.90 Å². The molecular weight excluding hydrogens is 366 g/mol. The molecule has 27 heavy (non-hydrogen) atoms. The van der Waals surface area contributed by atoms with E-state index < -0.39 is 10.0 Å². The van der Waals surface area contributed by atoms with Gasteiger partial charge in [-0.25, -0.2) is 18.1 Å². The summed E-state index contributed by atoms with van der Waals surface area (Å²) in [6, 6.07) is 6.47. The van der Waals surface area contributed by atoms with Gasteiger partial charge in [-0.2, -0.15) is 0 Å². The maximum Gasteiger partial charge on any atom is 0.240 e. The number of aromatic nitrogens is 2. The Labute approximate surface area is 159 Å². The van der Waals surface area contributed by atoms with Gasteiger partial charge in [0.25, 0.3) is 0 Å². The van der Waals surface area contributed by atoms with Crippen molar-refractivity contribution in [2.75, 3.05) is 26.2 Å². The molecule has 2 N–H and O–H groups in total. The third kappa shape index (κ3) is 4.55. The molecule has 2 aromatic rings. The van der Waals surface area contributed by atoms with E-state index >= 15 is 0 Å². The second kappa shape index (κ2) is 8.20. The van der Waals surface area contributed by atoms with Crippen LogP contribution in [0.4, 0.5) is 0 Å². The van der Waals surface area contributed by atoms with E-state index in [4.69, 9.17) is 0 Å². The van der Waals surface area contributed by atoms with E-state index in [1.165, 1.54) is 0 Å². The van der Waals surface area contributed by atoms with Gasteiger partial charge in [-0.3, -0.25) is 4.79 Å². The van der Waals surface area contributed by atoms with Crippen molar-refractivity contribution in [3.05, 3.63) is 48.0 Å². The van der Waals surface area contributed by atoms with Gasteiger partial charge in [-0.15, -0.1) is 0 Å². The highest BCUT2D eigenvalue weighted by Crippen LogP contribution is 2.21. The van der Waals surface area contributed by atoms with Gasteiger partial charge in [0.1, 0.15) is 11.9 Å². The Balaban J connectivity index is 1.61. The molecule has 1 amide bonds. The van der Waals surface area contributed by atoms with Crippen molar-refractivity contribution in [3.63, 3.8) is 0 Å². The Hall–Kier alpha value is -2.23. The number of carbonyl (C=O) groups is 1. The number of benzene rings is 1. The van der Waals surface area contributed by atoms with Crippen molar-refractivity contribution in [2.45, 2.75) is 24.3 Å². The van der Waals surface area contributed by atoms with Crippen LogP contribution in [-0.4, -0.2) is 55.0 Å². The standard InChI is InChI=1S/C18H25N5O3S/c1-14-3-5-15(6-4-14)27(25,26)21-8-7-17(24)23-12-9-19-13-16(23)18-20-10-11-22(18)2/h3-6,10-11,16,19,21H,7-9,12-13H2,1-2H3. The number of nitrogens with one attached hydrogen (secondary N) is 2. The minimum absolute atomic E-state index is 0.0618. The van der Waals surface area contributed by atoms with Crippen LogP contribution in [-0.2, 0) is 21.9 Å².